The molecule has 1 N–H and O–H groups in total. The fourth-order valence-electron chi connectivity index (χ4n) is 4.07. The summed E-state index contributed by atoms with van der Waals surface area (Å²) in [4.78, 5) is 13.4. The zero-order valence-corrected chi connectivity index (χ0v) is 17.1. The molecule has 0 saturated heterocycles. The van der Waals surface area contributed by atoms with Crippen molar-refractivity contribution in [2.75, 3.05) is 6.54 Å². The summed E-state index contributed by atoms with van der Waals surface area (Å²) in [5, 5.41) is 11.9. The lowest BCUT2D eigenvalue weighted by molar-refractivity contribution is 0.382. The third-order valence-corrected chi connectivity index (χ3v) is 7.48. The van der Waals surface area contributed by atoms with Crippen LogP contribution in [0.4, 0.5) is 0 Å². The van der Waals surface area contributed by atoms with Crippen molar-refractivity contribution in [1.29, 1.82) is 0 Å². The summed E-state index contributed by atoms with van der Waals surface area (Å²) < 4.78 is 30.8. The smallest absolute Gasteiger partial charge is 0.291 e. The predicted octanol–water partition coefficient (Wildman–Crippen LogP) is 1.25. The number of aromatic amines is 1. The van der Waals surface area contributed by atoms with Crippen LogP contribution in [-0.4, -0.2) is 43.8 Å². The lowest BCUT2D eigenvalue weighted by Gasteiger charge is -2.27. The van der Waals surface area contributed by atoms with Crippen LogP contribution in [0, 0.1) is 0 Å². The molecule has 4 heterocycles. The average molecular weight is 424 g/mol. The molecule has 0 saturated carbocycles. The van der Waals surface area contributed by atoms with E-state index in [4.69, 9.17) is 0 Å². The third kappa shape index (κ3) is 2.87. The van der Waals surface area contributed by atoms with Crippen LogP contribution >= 0.6 is 0 Å². The maximum absolute atomic E-state index is 13.1. The fourth-order valence-corrected chi connectivity index (χ4v) is 5.49. The number of H-pyrrole nitrogens is 1. The van der Waals surface area contributed by atoms with Crippen LogP contribution < -0.4 is 5.56 Å². The van der Waals surface area contributed by atoms with Crippen molar-refractivity contribution < 1.29 is 8.42 Å². The van der Waals surface area contributed by atoms with Gasteiger partial charge in [-0.05, 0) is 30.2 Å². The Labute approximate surface area is 172 Å². The lowest BCUT2D eigenvalue weighted by atomic mass is 10.1. The molecule has 0 amide bonds. The van der Waals surface area contributed by atoms with Gasteiger partial charge in [0.1, 0.15) is 5.52 Å². The molecule has 1 aliphatic rings. The van der Waals surface area contributed by atoms with E-state index in [-0.39, 0.29) is 23.5 Å². The maximum atomic E-state index is 13.1. The average Bonchev–Trinajstić information content (AvgIpc) is 3.37. The molecule has 30 heavy (non-hydrogen) atoms. The molecule has 154 valence electrons. The Morgan fingerprint density at radius 2 is 1.97 bits per heavy atom. The molecule has 1 aromatic carbocycles. The molecule has 0 unspecified atom stereocenters. The van der Waals surface area contributed by atoms with Crippen molar-refractivity contribution in [3.8, 4) is 0 Å². The third-order valence-electron chi connectivity index (χ3n) is 5.62. The van der Waals surface area contributed by atoms with Crippen LogP contribution in [0.2, 0.25) is 0 Å². The Kier molecular flexibility index (Phi) is 4.33. The Morgan fingerprint density at radius 1 is 1.17 bits per heavy atom. The van der Waals surface area contributed by atoms with Gasteiger partial charge in [0.2, 0.25) is 10.0 Å². The van der Waals surface area contributed by atoms with E-state index < -0.39 is 10.0 Å². The molecule has 0 atom stereocenters. The second-order valence-corrected chi connectivity index (χ2v) is 9.26. The van der Waals surface area contributed by atoms with E-state index in [0.717, 1.165) is 16.6 Å². The van der Waals surface area contributed by atoms with Gasteiger partial charge in [0.25, 0.3) is 5.56 Å². The van der Waals surface area contributed by atoms with E-state index in [1.165, 1.54) is 8.99 Å². The summed E-state index contributed by atoms with van der Waals surface area (Å²) in [6.07, 6.45) is 3.93. The van der Waals surface area contributed by atoms with Gasteiger partial charge in [0.05, 0.1) is 29.9 Å². The van der Waals surface area contributed by atoms with Crippen molar-refractivity contribution in [3.05, 3.63) is 76.1 Å². The van der Waals surface area contributed by atoms with Gasteiger partial charge in [0, 0.05) is 30.9 Å². The van der Waals surface area contributed by atoms with E-state index >= 15 is 0 Å². The second kappa shape index (κ2) is 6.92. The number of aryl methyl sites for hydroxylation is 1. The molecule has 0 aliphatic carbocycles. The van der Waals surface area contributed by atoms with Crippen LogP contribution in [0.25, 0.3) is 10.9 Å². The summed E-state index contributed by atoms with van der Waals surface area (Å²) in [5.74, 6) is 0. The molecule has 1 aliphatic heterocycles. The Bertz CT molecular complexity index is 1390. The van der Waals surface area contributed by atoms with Crippen molar-refractivity contribution in [2.24, 2.45) is 7.05 Å². The zero-order valence-electron chi connectivity index (χ0n) is 16.3. The van der Waals surface area contributed by atoms with Gasteiger partial charge in [-0.25, -0.2) is 13.1 Å². The molecule has 3 aromatic heterocycles. The number of aromatic nitrogens is 5. The molecule has 0 bridgehead atoms. The Morgan fingerprint density at radius 3 is 2.70 bits per heavy atom. The van der Waals surface area contributed by atoms with Crippen molar-refractivity contribution in [2.45, 2.75) is 24.4 Å². The highest BCUT2D eigenvalue weighted by Crippen LogP contribution is 2.30. The monoisotopic (exact) mass is 424 g/mol. The Balaban J connectivity index is 1.56. The SMILES string of the molecule is Cn1c2c(c3cnn(Cc4cc[nH]n4)c(=O)c31)CCN(S(=O)(=O)c1ccccc1)C2. The molecule has 4 aromatic rings. The molecule has 0 fully saturated rings. The van der Waals surface area contributed by atoms with E-state index in [9.17, 15) is 13.2 Å². The van der Waals surface area contributed by atoms with Gasteiger partial charge in [-0.2, -0.15) is 14.5 Å². The van der Waals surface area contributed by atoms with Crippen LogP contribution in [0.1, 0.15) is 17.0 Å². The summed E-state index contributed by atoms with van der Waals surface area (Å²) in [5.41, 5.74) is 2.84. The first-order valence-corrected chi connectivity index (χ1v) is 11.0. The molecular weight excluding hydrogens is 404 g/mol. The van der Waals surface area contributed by atoms with Crippen LogP contribution in [0.15, 0.2) is 58.5 Å². The van der Waals surface area contributed by atoms with Gasteiger partial charge in [-0.3, -0.25) is 9.89 Å². The minimum Gasteiger partial charge on any atom is -0.342 e. The summed E-state index contributed by atoms with van der Waals surface area (Å²) >= 11 is 0. The highest BCUT2D eigenvalue weighted by atomic mass is 32.2. The zero-order chi connectivity index (χ0) is 20.9. The summed E-state index contributed by atoms with van der Waals surface area (Å²) in [6.45, 7) is 0.846. The van der Waals surface area contributed by atoms with Crippen LogP contribution in [0.5, 0.6) is 0 Å². The van der Waals surface area contributed by atoms with Gasteiger partial charge < -0.3 is 4.57 Å². The van der Waals surface area contributed by atoms with Crippen LogP contribution in [-0.2, 0) is 36.6 Å². The van der Waals surface area contributed by atoms with Crippen molar-refractivity contribution in [3.63, 3.8) is 0 Å². The largest absolute Gasteiger partial charge is 0.342 e. The molecule has 9 nitrogen and oxygen atoms in total. The highest BCUT2D eigenvalue weighted by Gasteiger charge is 2.32. The molecule has 5 rings (SSSR count). The number of hydrogen-bond acceptors (Lipinski definition) is 5. The van der Waals surface area contributed by atoms with Gasteiger partial charge in [0.15, 0.2) is 0 Å². The van der Waals surface area contributed by atoms with E-state index in [0.29, 0.717) is 24.2 Å². The Hall–Kier alpha value is -3.24. The molecule has 10 heteroatoms. The van der Waals surface area contributed by atoms with Gasteiger partial charge in [-0.15, -0.1) is 0 Å². The maximum Gasteiger partial charge on any atom is 0.291 e. The molecular formula is C20H20N6O3S. The van der Waals surface area contributed by atoms with Crippen molar-refractivity contribution >= 4 is 20.9 Å². The number of sulfonamides is 1. The first-order valence-electron chi connectivity index (χ1n) is 9.57. The van der Waals surface area contributed by atoms with Crippen LogP contribution in [0.3, 0.4) is 0 Å². The number of benzene rings is 1. The minimum absolute atomic E-state index is 0.218. The number of hydrogen-bond donors (Lipinski definition) is 1. The minimum atomic E-state index is -3.60. The standard InChI is InChI=1S/C20H20N6O3S/c1-24-18-13-25(30(28,29)15-5-3-2-4-6-15)10-8-16(18)17-11-22-26(20(27)19(17)24)12-14-7-9-21-23-14/h2-7,9,11H,8,10,12-13H2,1H3,(H,21,23). The van der Waals surface area contributed by atoms with Gasteiger partial charge >= 0.3 is 0 Å². The van der Waals surface area contributed by atoms with Gasteiger partial charge in [-0.1, -0.05) is 18.2 Å². The molecule has 0 radical (unpaired) electrons. The van der Waals surface area contributed by atoms with E-state index in [2.05, 4.69) is 15.3 Å². The second-order valence-electron chi connectivity index (χ2n) is 7.32. The normalized spacial score (nSPS) is 14.8. The number of nitrogens with one attached hydrogen (secondary N) is 1. The highest BCUT2D eigenvalue weighted by molar-refractivity contribution is 7.89. The quantitative estimate of drug-likeness (QED) is 0.531. The summed E-state index contributed by atoms with van der Waals surface area (Å²) in [7, 11) is -1.80. The topological polar surface area (TPSA) is 106 Å². The number of nitrogens with zero attached hydrogens (tertiary/aromatic N) is 5. The first kappa shape index (κ1) is 18.8. The molecule has 0 spiro atoms. The number of fused-ring (bicyclic) bond motifs is 3. The fraction of sp³-hybridized carbons (Fsp3) is 0.250. The first-order chi connectivity index (χ1) is 14.5. The van der Waals surface area contributed by atoms with Crippen molar-refractivity contribution in [1.82, 2.24) is 28.9 Å². The van der Waals surface area contributed by atoms with E-state index in [1.54, 1.807) is 55.8 Å². The van der Waals surface area contributed by atoms with E-state index in [1.807, 2.05) is 4.57 Å². The lowest BCUT2D eigenvalue weighted by Crippen LogP contribution is -2.36. The predicted molar refractivity (Wildman–Crippen MR) is 110 cm³/mol. The summed E-state index contributed by atoms with van der Waals surface area (Å²) in [6, 6.07) is 10.2. The number of rotatable bonds is 4.